The van der Waals surface area contributed by atoms with Crippen molar-refractivity contribution in [3.8, 4) is 0 Å². The second-order valence-electron chi connectivity index (χ2n) is 2.68. The first-order valence-corrected chi connectivity index (χ1v) is 3.63. The molecule has 1 rings (SSSR count). The smallest absolute Gasteiger partial charge is 0 e. The normalized spacial score (nSPS) is 11.4. The van der Waals surface area contributed by atoms with E-state index in [2.05, 4.69) is 26.1 Å². The first-order chi connectivity index (χ1) is 5.22. The van der Waals surface area contributed by atoms with Crippen LogP contribution in [0.1, 0.15) is 11.6 Å². The molecule has 1 unspecified atom stereocenters. The van der Waals surface area contributed by atoms with Crippen LogP contribution in [-0.2, 0) is 53.8 Å². The Labute approximate surface area is 120 Å². The van der Waals surface area contributed by atoms with Crippen LogP contribution in [0.15, 0.2) is 30.3 Å². The molecule has 13 heavy (non-hydrogen) atoms. The Morgan fingerprint density at radius 3 is 2.08 bits per heavy atom. The maximum Gasteiger partial charge on any atom is 0 e. The van der Waals surface area contributed by atoms with Crippen molar-refractivity contribution in [1.82, 2.24) is 4.90 Å². The van der Waals surface area contributed by atoms with E-state index in [9.17, 15) is 0 Å². The van der Waals surface area contributed by atoms with Crippen LogP contribution in [0.3, 0.4) is 0 Å². The van der Waals surface area contributed by atoms with E-state index in [1.165, 1.54) is 5.56 Å². The van der Waals surface area contributed by atoms with E-state index in [0.717, 1.165) is 0 Å². The molecule has 0 fully saturated rings. The Hall–Kier alpha value is 0.972. The molecule has 0 spiro atoms. The third-order valence-electron chi connectivity index (χ3n) is 1.72. The van der Waals surface area contributed by atoms with Crippen LogP contribution in [0.2, 0.25) is 0 Å². The fraction of sp³-hybridized carbons (Fsp3) is 0.200. The van der Waals surface area contributed by atoms with Crippen LogP contribution in [0.25, 0.3) is 0 Å². The first kappa shape index (κ1) is 16.4. The molecule has 1 nitrogen and oxygen atoms in total. The minimum absolute atomic E-state index is 0. The van der Waals surface area contributed by atoms with Crippen molar-refractivity contribution in [2.75, 3.05) is 7.05 Å². The van der Waals surface area contributed by atoms with Gasteiger partial charge in [-0.2, -0.15) is 0 Å². The minimum atomic E-state index is 0. The molecule has 69 valence electrons. The summed E-state index contributed by atoms with van der Waals surface area (Å²) >= 11 is 0. The van der Waals surface area contributed by atoms with E-state index < -0.39 is 0 Å². The van der Waals surface area contributed by atoms with E-state index in [0.29, 0.717) is 0 Å². The van der Waals surface area contributed by atoms with Gasteiger partial charge in [-0.05, 0) is 7.05 Å². The Kier molecular flexibility index (Phi) is 10.5. The third kappa shape index (κ3) is 5.42. The summed E-state index contributed by atoms with van der Waals surface area (Å²) in [5, 5.41) is 0. The Balaban J connectivity index is 0. The van der Waals surface area contributed by atoms with Gasteiger partial charge in [0.25, 0.3) is 0 Å². The molecule has 0 aromatic heterocycles. The number of hydrogen-bond acceptors (Lipinski definition) is 1. The second-order valence-corrected chi connectivity index (χ2v) is 2.68. The van der Waals surface area contributed by atoms with Crippen LogP contribution in [0.5, 0.6) is 0 Å². The minimum Gasteiger partial charge on any atom is -0.481 e. The van der Waals surface area contributed by atoms with Crippen molar-refractivity contribution in [1.29, 1.82) is 0 Å². The fourth-order valence-electron chi connectivity index (χ4n) is 0.930. The van der Waals surface area contributed by atoms with Gasteiger partial charge >= 0.3 is 0 Å². The molecule has 0 saturated carbocycles. The van der Waals surface area contributed by atoms with Crippen LogP contribution >= 0.6 is 0 Å². The van der Waals surface area contributed by atoms with E-state index in [-0.39, 0.29) is 59.8 Å². The Morgan fingerprint density at radius 2 is 1.69 bits per heavy atom. The van der Waals surface area contributed by atoms with Gasteiger partial charge in [0.15, 0.2) is 0 Å². The standard InChI is InChI=1S/C10H13N.W.Y/c1-9(11(2)3)10-7-5-4-6-8-10;;/h4-9H,1-2H2,3H3;;/q-2;;. The topological polar surface area (TPSA) is 3.24 Å². The van der Waals surface area contributed by atoms with Gasteiger partial charge in [0.05, 0.1) is 0 Å². The summed E-state index contributed by atoms with van der Waals surface area (Å²) in [6.45, 7) is 3.97. The average molecular weight is 420 g/mol. The number of benzene rings is 1. The molecular weight excluding hydrogens is 407 g/mol. The van der Waals surface area contributed by atoms with Crippen molar-refractivity contribution < 1.29 is 53.8 Å². The van der Waals surface area contributed by atoms with Crippen LogP contribution in [0, 0.1) is 14.0 Å². The van der Waals surface area contributed by atoms with E-state index in [4.69, 9.17) is 0 Å². The van der Waals surface area contributed by atoms with Crippen LogP contribution < -0.4 is 0 Å². The largest absolute Gasteiger partial charge is 0.481 e. The molecule has 1 radical (unpaired) electrons. The summed E-state index contributed by atoms with van der Waals surface area (Å²) in [7, 11) is 5.71. The molecular formula is C10H13NWY-2. The summed E-state index contributed by atoms with van der Waals surface area (Å²) in [5.41, 5.74) is 1.20. The predicted molar refractivity (Wildman–Crippen MR) is 47.7 cm³/mol. The quantitative estimate of drug-likeness (QED) is 0.665. The monoisotopic (exact) mass is 420 g/mol. The van der Waals surface area contributed by atoms with Crippen molar-refractivity contribution >= 4 is 0 Å². The fourth-order valence-corrected chi connectivity index (χ4v) is 0.930. The summed E-state index contributed by atoms with van der Waals surface area (Å²) < 4.78 is 0. The van der Waals surface area contributed by atoms with Crippen LogP contribution in [-0.4, -0.2) is 11.9 Å². The number of nitrogens with zero attached hydrogens (tertiary/aromatic N) is 1. The van der Waals surface area contributed by atoms with Crippen molar-refractivity contribution in [2.45, 2.75) is 6.04 Å². The Morgan fingerprint density at radius 1 is 1.23 bits per heavy atom. The van der Waals surface area contributed by atoms with E-state index >= 15 is 0 Å². The molecule has 0 saturated heterocycles. The van der Waals surface area contributed by atoms with Crippen LogP contribution in [0.4, 0.5) is 0 Å². The molecule has 0 heterocycles. The van der Waals surface area contributed by atoms with Crippen molar-refractivity contribution in [3.05, 3.63) is 49.9 Å². The number of rotatable bonds is 2. The third-order valence-corrected chi connectivity index (χ3v) is 1.72. The molecule has 0 bridgehead atoms. The molecule has 0 N–H and O–H groups in total. The molecule has 0 aliphatic rings. The van der Waals surface area contributed by atoms with Crippen molar-refractivity contribution in [3.63, 3.8) is 0 Å². The zero-order chi connectivity index (χ0) is 8.27. The molecule has 1 aromatic carbocycles. The van der Waals surface area contributed by atoms with Gasteiger partial charge < -0.3 is 11.8 Å². The number of hydrogen-bond donors (Lipinski definition) is 0. The molecule has 0 aliphatic carbocycles. The maximum absolute atomic E-state index is 3.97. The van der Waals surface area contributed by atoms with Crippen molar-refractivity contribution in [2.24, 2.45) is 0 Å². The molecule has 1 atom stereocenters. The average Bonchev–Trinajstić information content (AvgIpc) is 2.05. The maximum atomic E-state index is 3.97. The summed E-state index contributed by atoms with van der Waals surface area (Å²) in [4.78, 5) is 1.84. The van der Waals surface area contributed by atoms with Gasteiger partial charge in [-0.1, -0.05) is 35.9 Å². The van der Waals surface area contributed by atoms with Gasteiger partial charge in [-0.3, -0.25) is 7.05 Å². The molecule has 0 amide bonds. The zero-order valence-corrected chi connectivity index (χ0v) is 13.6. The van der Waals surface area contributed by atoms with E-state index in [1.54, 1.807) is 0 Å². The molecule has 0 aliphatic heterocycles. The van der Waals surface area contributed by atoms with Gasteiger partial charge in [0.2, 0.25) is 0 Å². The zero-order valence-electron chi connectivity index (χ0n) is 7.81. The van der Waals surface area contributed by atoms with E-state index in [1.807, 2.05) is 30.1 Å². The van der Waals surface area contributed by atoms with Gasteiger partial charge in [0.1, 0.15) is 0 Å². The second kappa shape index (κ2) is 8.29. The predicted octanol–water partition coefficient (Wildman–Crippen LogP) is 2.28. The summed E-state index contributed by atoms with van der Waals surface area (Å²) in [6.07, 6.45) is 0. The summed E-state index contributed by atoms with van der Waals surface area (Å²) in [5.74, 6) is 0. The van der Waals surface area contributed by atoms with Gasteiger partial charge in [-0.25, -0.2) is 0 Å². The SMILES string of the molecule is [CH2-]C(c1ccccc1)N([CH2-])C.[W].[Y]. The van der Waals surface area contributed by atoms with Gasteiger partial charge in [-0.15, -0.1) is 6.04 Å². The molecule has 3 heteroatoms. The van der Waals surface area contributed by atoms with Gasteiger partial charge in [0, 0.05) is 53.8 Å². The Bertz CT molecular complexity index is 213. The summed E-state index contributed by atoms with van der Waals surface area (Å²) in [6, 6.07) is 10.3. The molecule has 1 aromatic rings. The first-order valence-electron chi connectivity index (χ1n) is 3.63.